The second-order valence-electron chi connectivity index (χ2n) is 12.3. The van der Waals surface area contributed by atoms with E-state index in [9.17, 15) is 0 Å². The first kappa shape index (κ1) is 30.2. The molecule has 0 fully saturated rings. The highest BCUT2D eigenvalue weighted by Crippen LogP contribution is 2.45. The van der Waals surface area contributed by atoms with Gasteiger partial charge in [-0.15, -0.1) is 34.0 Å². The van der Waals surface area contributed by atoms with E-state index < -0.39 is 0 Å². The molecular formula is C42H40S3. The molecule has 7 rings (SSSR count). The van der Waals surface area contributed by atoms with Gasteiger partial charge in [0.2, 0.25) is 0 Å². The van der Waals surface area contributed by atoms with E-state index in [0.717, 1.165) is 10.4 Å². The minimum absolute atomic E-state index is 1.08. The predicted molar refractivity (Wildman–Crippen MR) is 204 cm³/mol. The first-order chi connectivity index (χ1) is 22.2. The molecule has 0 aliphatic carbocycles. The molecule has 3 heterocycles. The number of hydrogen-bond acceptors (Lipinski definition) is 3. The zero-order valence-corrected chi connectivity index (χ0v) is 28.6. The van der Waals surface area contributed by atoms with Crippen LogP contribution in [-0.2, 0) is 6.42 Å². The summed E-state index contributed by atoms with van der Waals surface area (Å²) in [7, 11) is 0. The molecule has 0 unspecified atom stereocenters. The number of unbranched alkanes of at least 4 members (excludes halogenated alkanes) is 9. The summed E-state index contributed by atoms with van der Waals surface area (Å²) in [5, 5.41) is 3.99. The van der Waals surface area contributed by atoms with Crippen molar-refractivity contribution in [3.63, 3.8) is 0 Å². The highest BCUT2D eigenvalue weighted by molar-refractivity contribution is 7.36. The van der Waals surface area contributed by atoms with Crippen molar-refractivity contribution in [2.45, 2.75) is 77.6 Å². The van der Waals surface area contributed by atoms with E-state index in [4.69, 9.17) is 0 Å². The van der Waals surface area contributed by atoms with E-state index in [1.54, 1.807) is 11.3 Å². The topological polar surface area (TPSA) is 0 Å². The summed E-state index contributed by atoms with van der Waals surface area (Å²) in [4.78, 5) is 1.12. The molecular weight excluding hydrogens is 601 g/mol. The van der Waals surface area contributed by atoms with Crippen LogP contribution in [-0.4, -0.2) is 0 Å². The first-order valence-electron chi connectivity index (χ1n) is 16.7. The van der Waals surface area contributed by atoms with Gasteiger partial charge in [-0.25, -0.2) is 0 Å². The summed E-state index contributed by atoms with van der Waals surface area (Å²) in [6.45, 7) is 2.29. The van der Waals surface area contributed by atoms with Gasteiger partial charge >= 0.3 is 0 Å². The van der Waals surface area contributed by atoms with Crippen molar-refractivity contribution in [2.24, 2.45) is 0 Å². The molecule has 0 N–H and O–H groups in total. The molecule has 0 saturated heterocycles. The number of fused-ring (bicyclic) bond motifs is 6. The Morgan fingerprint density at radius 1 is 0.511 bits per heavy atom. The summed E-state index contributed by atoms with van der Waals surface area (Å²) in [5.41, 5.74) is 5.17. The van der Waals surface area contributed by atoms with Gasteiger partial charge in [-0.05, 0) is 65.3 Å². The second kappa shape index (κ2) is 14.3. The highest BCUT2D eigenvalue weighted by Gasteiger charge is 2.13. The normalized spacial score (nSPS) is 11.6. The lowest BCUT2D eigenvalue weighted by Gasteiger charge is -2.06. The van der Waals surface area contributed by atoms with E-state index in [1.807, 2.05) is 22.7 Å². The number of hydrogen-bond donors (Lipinski definition) is 0. The standard InChI is InChI=1S/C42H40S3/c1-2-3-4-5-6-7-8-9-10-11-14-30-17-21-32(22-18-30)33-23-26-37-40(29-33)45-41-36-25-20-31(27-39(36)44-42(37)41)19-24-35-28-34-15-12-13-16-38(34)43-35/h12-13,15-18,20-23,25-29H,2-11,14H2,1H3. The zero-order chi connectivity index (χ0) is 30.4. The summed E-state index contributed by atoms with van der Waals surface area (Å²) in [6.07, 6.45) is 15.1. The van der Waals surface area contributed by atoms with Crippen LogP contribution >= 0.6 is 34.0 Å². The lowest BCUT2D eigenvalue weighted by Crippen LogP contribution is -1.87. The number of benzene rings is 4. The first-order valence-corrected chi connectivity index (χ1v) is 19.2. The number of aryl methyl sites for hydroxylation is 1. The van der Waals surface area contributed by atoms with E-state index in [-0.39, 0.29) is 0 Å². The largest absolute Gasteiger partial charge is 0.134 e. The van der Waals surface area contributed by atoms with Crippen molar-refractivity contribution in [3.8, 4) is 23.0 Å². The maximum atomic E-state index is 3.42. The van der Waals surface area contributed by atoms with Crippen LogP contribution in [0.15, 0.2) is 91.0 Å². The highest BCUT2D eigenvalue weighted by atomic mass is 32.1. The van der Waals surface area contributed by atoms with Crippen molar-refractivity contribution in [3.05, 3.63) is 107 Å². The fraction of sp³-hybridized carbons (Fsp3) is 0.286. The Balaban J connectivity index is 0.989. The van der Waals surface area contributed by atoms with Crippen molar-refractivity contribution in [2.75, 3.05) is 0 Å². The second-order valence-corrected chi connectivity index (χ2v) is 15.5. The summed E-state index contributed by atoms with van der Waals surface area (Å²) < 4.78 is 6.79. The third-order valence-electron chi connectivity index (χ3n) is 8.94. The van der Waals surface area contributed by atoms with Crippen LogP contribution in [0.2, 0.25) is 0 Å². The minimum Gasteiger partial charge on any atom is -0.134 e. The molecule has 226 valence electrons. The molecule has 45 heavy (non-hydrogen) atoms. The molecule has 0 spiro atoms. The van der Waals surface area contributed by atoms with Crippen LogP contribution in [0.5, 0.6) is 0 Å². The molecule has 0 atom stereocenters. The van der Waals surface area contributed by atoms with E-state index in [1.165, 1.54) is 127 Å². The van der Waals surface area contributed by atoms with E-state index in [0.29, 0.717) is 0 Å². The Morgan fingerprint density at radius 2 is 1.16 bits per heavy atom. The quantitative estimate of drug-likeness (QED) is 0.0921. The summed E-state index contributed by atoms with van der Waals surface area (Å²) >= 11 is 5.60. The summed E-state index contributed by atoms with van der Waals surface area (Å²) in [6, 6.07) is 33.8. The van der Waals surface area contributed by atoms with Crippen LogP contribution in [0.25, 0.3) is 50.8 Å². The van der Waals surface area contributed by atoms with E-state index >= 15 is 0 Å². The molecule has 0 radical (unpaired) electrons. The smallest absolute Gasteiger partial charge is 0.0784 e. The van der Waals surface area contributed by atoms with Crippen molar-refractivity contribution in [1.29, 1.82) is 0 Å². The maximum Gasteiger partial charge on any atom is 0.0784 e. The lowest BCUT2D eigenvalue weighted by atomic mass is 10.00. The molecule has 7 aromatic rings. The Labute approximate surface area is 279 Å². The molecule has 0 nitrogen and oxygen atoms in total. The van der Waals surface area contributed by atoms with Crippen molar-refractivity contribution < 1.29 is 0 Å². The SMILES string of the molecule is CCCCCCCCCCCCc1ccc(-c2ccc3c(c2)sc2c4ccc(C#Cc5cc6ccccc6s5)cc4sc32)cc1. The molecule has 3 aromatic heterocycles. The van der Waals surface area contributed by atoms with Gasteiger partial charge in [-0.2, -0.15) is 0 Å². The monoisotopic (exact) mass is 640 g/mol. The van der Waals surface area contributed by atoms with Gasteiger partial charge in [-0.1, -0.05) is 137 Å². The van der Waals surface area contributed by atoms with Crippen LogP contribution < -0.4 is 0 Å². The third-order valence-corrected chi connectivity index (χ3v) is 12.5. The van der Waals surface area contributed by atoms with Crippen molar-refractivity contribution >= 4 is 73.7 Å². The number of thiophene rings is 3. The van der Waals surface area contributed by atoms with E-state index in [2.05, 4.69) is 110 Å². The number of rotatable bonds is 12. The van der Waals surface area contributed by atoms with Crippen LogP contribution in [0.1, 0.15) is 87.1 Å². The fourth-order valence-corrected chi connectivity index (χ4v) is 10.0. The van der Waals surface area contributed by atoms with Gasteiger partial charge in [-0.3, -0.25) is 0 Å². The molecule has 0 amide bonds. The molecule has 4 aromatic carbocycles. The van der Waals surface area contributed by atoms with Gasteiger partial charge in [0.15, 0.2) is 0 Å². The average molecular weight is 641 g/mol. The van der Waals surface area contributed by atoms with Gasteiger partial charge in [0, 0.05) is 30.4 Å². The maximum absolute atomic E-state index is 3.42. The van der Waals surface area contributed by atoms with Gasteiger partial charge in [0.25, 0.3) is 0 Å². The summed E-state index contributed by atoms with van der Waals surface area (Å²) in [5.74, 6) is 6.81. The Morgan fingerprint density at radius 3 is 1.89 bits per heavy atom. The molecule has 0 aliphatic rings. The fourth-order valence-electron chi connectivity index (χ4n) is 6.37. The Kier molecular flexibility index (Phi) is 9.64. The van der Waals surface area contributed by atoms with Crippen LogP contribution in [0, 0.1) is 11.8 Å². The third kappa shape index (κ3) is 7.05. The van der Waals surface area contributed by atoms with Crippen LogP contribution in [0.3, 0.4) is 0 Å². The van der Waals surface area contributed by atoms with Gasteiger partial charge in [0.1, 0.15) is 0 Å². The molecule has 0 bridgehead atoms. The Hall–Kier alpha value is -3.42. The minimum atomic E-state index is 1.08. The lowest BCUT2D eigenvalue weighted by molar-refractivity contribution is 0.556. The molecule has 3 heteroatoms. The van der Waals surface area contributed by atoms with Crippen molar-refractivity contribution in [1.82, 2.24) is 0 Å². The predicted octanol–water partition coefficient (Wildman–Crippen LogP) is 14.0. The van der Waals surface area contributed by atoms with Gasteiger partial charge in [0.05, 0.1) is 14.3 Å². The average Bonchev–Trinajstić information content (AvgIpc) is 3.76. The zero-order valence-electron chi connectivity index (χ0n) is 26.2. The van der Waals surface area contributed by atoms with Gasteiger partial charge < -0.3 is 0 Å². The molecule has 0 aliphatic heterocycles. The van der Waals surface area contributed by atoms with Crippen LogP contribution in [0.4, 0.5) is 0 Å². The Bertz CT molecular complexity index is 2070. The molecule has 0 saturated carbocycles.